The summed E-state index contributed by atoms with van der Waals surface area (Å²) in [6.45, 7) is 4.77. The fourth-order valence-corrected chi connectivity index (χ4v) is 2.62. The molecule has 0 radical (unpaired) electrons. The number of nitrogens with one attached hydrogen (secondary N) is 1. The maximum Gasteiger partial charge on any atom is 0.413 e. The Balaban J connectivity index is 2.50. The van der Waals surface area contributed by atoms with Crippen LogP contribution < -0.4 is 5.32 Å². The first-order chi connectivity index (χ1) is 12.4. The van der Waals surface area contributed by atoms with Crippen LogP contribution in [-0.2, 0) is 20.9 Å². The Kier molecular flexibility index (Phi) is 9.75. The summed E-state index contributed by atoms with van der Waals surface area (Å²) < 4.78 is 4.66. The van der Waals surface area contributed by atoms with E-state index in [0.29, 0.717) is 13.1 Å². The zero-order valence-electron chi connectivity index (χ0n) is 15.8. The standard InChI is InChI=1S/C18H27N3O4S/c1-5-21(12-16(22)19-18(24)25-6-2)13-17(23)20(3)11-14-7-9-15(26-4)10-8-14/h7-10H,5-6,11-13H2,1-4H3,(H,19,22,24). The van der Waals surface area contributed by atoms with Gasteiger partial charge in [0.05, 0.1) is 19.7 Å². The second kappa shape index (κ2) is 11.5. The average Bonchev–Trinajstić information content (AvgIpc) is 2.61. The zero-order chi connectivity index (χ0) is 19.5. The molecule has 0 saturated heterocycles. The van der Waals surface area contributed by atoms with Gasteiger partial charge in [0.15, 0.2) is 0 Å². The van der Waals surface area contributed by atoms with Crippen molar-refractivity contribution in [1.82, 2.24) is 15.1 Å². The number of carbonyl (C=O) groups excluding carboxylic acids is 3. The van der Waals surface area contributed by atoms with Crippen LogP contribution in [0, 0.1) is 0 Å². The quantitative estimate of drug-likeness (QED) is 0.659. The Labute approximate surface area is 159 Å². The van der Waals surface area contributed by atoms with Crippen LogP contribution in [0.5, 0.6) is 0 Å². The van der Waals surface area contributed by atoms with Crippen LogP contribution in [-0.4, -0.2) is 67.3 Å². The molecular formula is C18H27N3O4S. The van der Waals surface area contributed by atoms with Gasteiger partial charge in [0.25, 0.3) is 0 Å². The van der Waals surface area contributed by atoms with Gasteiger partial charge in [-0.05, 0) is 37.4 Å². The van der Waals surface area contributed by atoms with Crippen molar-refractivity contribution >= 4 is 29.7 Å². The average molecular weight is 381 g/mol. The van der Waals surface area contributed by atoms with Crippen LogP contribution in [0.4, 0.5) is 4.79 Å². The van der Waals surface area contributed by atoms with Crippen LogP contribution in [0.25, 0.3) is 0 Å². The highest BCUT2D eigenvalue weighted by Crippen LogP contribution is 2.15. The molecule has 0 spiro atoms. The van der Waals surface area contributed by atoms with Crippen molar-refractivity contribution in [2.24, 2.45) is 0 Å². The number of alkyl carbamates (subject to hydrolysis) is 1. The molecule has 0 fully saturated rings. The summed E-state index contributed by atoms with van der Waals surface area (Å²) in [5, 5.41) is 2.13. The Hall–Kier alpha value is -2.06. The van der Waals surface area contributed by atoms with Crippen molar-refractivity contribution in [1.29, 1.82) is 0 Å². The number of ether oxygens (including phenoxy) is 1. The number of rotatable bonds is 9. The molecule has 0 aromatic heterocycles. The molecule has 8 heteroatoms. The van der Waals surface area contributed by atoms with E-state index in [0.717, 1.165) is 5.56 Å². The van der Waals surface area contributed by atoms with Crippen LogP contribution in [0.15, 0.2) is 29.2 Å². The predicted octanol–water partition coefficient (Wildman–Crippen LogP) is 1.96. The molecule has 0 atom stereocenters. The van der Waals surface area contributed by atoms with E-state index in [1.54, 1.807) is 35.5 Å². The molecule has 1 aromatic carbocycles. The molecule has 0 saturated carbocycles. The molecular weight excluding hydrogens is 354 g/mol. The molecule has 0 aliphatic carbocycles. The van der Waals surface area contributed by atoms with Gasteiger partial charge in [-0.25, -0.2) is 4.79 Å². The van der Waals surface area contributed by atoms with Crippen LogP contribution in [0.1, 0.15) is 19.4 Å². The first-order valence-electron chi connectivity index (χ1n) is 8.45. The lowest BCUT2D eigenvalue weighted by Crippen LogP contribution is -2.44. The summed E-state index contributed by atoms with van der Waals surface area (Å²) in [6.07, 6.45) is 1.24. The molecule has 1 N–H and O–H groups in total. The molecule has 26 heavy (non-hydrogen) atoms. The van der Waals surface area contributed by atoms with Crippen molar-refractivity contribution in [3.63, 3.8) is 0 Å². The summed E-state index contributed by atoms with van der Waals surface area (Å²) in [6, 6.07) is 8.05. The van der Waals surface area contributed by atoms with Crippen LogP contribution in [0.3, 0.4) is 0 Å². The van der Waals surface area contributed by atoms with Gasteiger partial charge in [0, 0.05) is 18.5 Å². The van der Waals surface area contributed by atoms with Gasteiger partial charge in [-0.2, -0.15) is 0 Å². The molecule has 144 valence electrons. The molecule has 1 rings (SSSR count). The summed E-state index contributed by atoms with van der Waals surface area (Å²) in [5.41, 5.74) is 1.04. The van der Waals surface area contributed by atoms with Gasteiger partial charge < -0.3 is 9.64 Å². The van der Waals surface area contributed by atoms with Crippen LogP contribution >= 0.6 is 11.8 Å². The fourth-order valence-electron chi connectivity index (χ4n) is 2.21. The van der Waals surface area contributed by atoms with E-state index in [9.17, 15) is 14.4 Å². The minimum absolute atomic E-state index is 0.0443. The molecule has 0 aliphatic heterocycles. The minimum atomic E-state index is -0.773. The Morgan fingerprint density at radius 1 is 1.12 bits per heavy atom. The highest BCUT2D eigenvalue weighted by Gasteiger charge is 2.17. The summed E-state index contributed by atoms with van der Waals surface area (Å²) in [7, 11) is 1.73. The van der Waals surface area contributed by atoms with E-state index in [2.05, 4.69) is 10.1 Å². The molecule has 1 aromatic rings. The monoisotopic (exact) mass is 381 g/mol. The van der Waals surface area contributed by atoms with E-state index >= 15 is 0 Å². The Morgan fingerprint density at radius 2 is 1.77 bits per heavy atom. The van der Waals surface area contributed by atoms with Crippen molar-refractivity contribution in [2.75, 3.05) is 39.5 Å². The SMILES string of the molecule is CCOC(=O)NC(=O)CN(CC)CC(=O)N(C)Cc1ccc(SC)cc1. The largest absolute Gasteiger partial charge is 0.450 e. The molecule has 3 amide bonds. The summed E-state index contributed by atoms with van der Waals surface area (Å²) in [4.78, 5) is 39.9. The second-order valence-electron chi connectivity index (χ2n) is 5.67. The number of hydrogen-bond donors (Lipinski definition) is 1. The Bertz CT molecular complexity index is 607. The highest BCUT2D eigenvalue weighted by molar-refractivity contribution is 7.98. The second-order valence-corrected chi connectivity index (χ2v) is 6.55. The van der Waals surface area contributed by atoms with E-state index in [1.807, 2.05) is 37.4 Å². The number of amides is 3. The number of thioether (sulfide) groups is 1. The smallest absolute Gasteiger partial charge is 0.413 e. The molecule has 0 heterocycles. The fraction of sp³-hybridized carbons (Fsp3) is 0.500. The van der Waals surface area contributed by atoms with Gasteiger partial charge in [0.1, 0.15) is 0 Å². The Morgan fingerprint density at radius 3 is 2.31 bits per heavy atom. The van der Waals surface area contributed by atoms with Gasteiger partial charge in [-0.1, -0.05) is 19.1 Å². The predicted molar refractivity (Wildman–Crippen MR) is 102 cm³/mol. The molecule has 0 unspecified atom stereocenters. The summed E-state index contributed by atoms with van der Waals surface area (Å²) >= 11 is 1.67. The van der Waals surface area contributed by atoms with Crippen molar-refractivity contribution in [3.05, 3.63) is 29.8 Å². The molecule has 7 nitrogen and oxygen atoms in total. The number of imide groups is 1. The third-order valence-electron chi connectivity index (χ3n) is 3.69. The van der Waals surface area contributed by atoms with E-state index in [1.165, 1.54) is 4.90 Å². The van der Waals surface area contributed by atoms with Crippen molar-refractivity contribution < 1.29 is 19.1 Å². The van der Waals surface area contributed by atoms with Gasteiger partial charge in [-0.15, -0.1) is 11.8 Å². The molecule has 0 aliphatic rings. The van der Waals surface area contributed by atoms with Gasteiger partial charge >= 0.3 is 6.09 Å². The maximum absolute atomic E-state index is 12.4. The topological polar surface area (TPSA) is 79.0 Å². The first-order valence-corrected chi connectivity index (χ1v) is 9.67. The number of carbonyl (C=O) groups is 3. The number of hydrogen-bond acceptors (Lipinski definition) is 6. The van der Waals surface area contributed by atoms with Gasteiger partial charge in [0.2, 0.25) is 11.8 Å². The van der Waals surface area contributed by atoms with Gasteiger partial charge in [-0.3, -0.25) is 19.8 Å². The minimum Gasteiger partial charge on any atom is -0.450 e. The summed E-state index contributed by atoms with van der Waals surface area (Å²) in [5.74, 6) is -0.585. The van der Waals surface area contributed by atoms with E-state index in [-0.39, 0.29) is 25.6 Å². The third-order valence-corrected chi connectivity index (χ3v) is 4.44. The number of nitrogens with zero attached hydrogens (tertiary/aromatic N) is 2. The van der Waals surface area contributed by atoms with E-state index < -0.39 is 12.0 Å². The first kappa shape index (κ1) is 22.0. The highest BCUT2D eigenvalue weighted by atomic mass is 32.2. The number of benzene rings is 1. The lowest BCUT2D eigenvalue weighted by molar-refractivity contribution is -0.132. The number of likely N-dealkylation sites (N-methyl/N-ethyl adjacent to an activating group) is 2. The zero-order valence-corrected chi connectivity index (χ0v) is 16.6. The lowest BCUT2D eigenvalue weighted by atomic mass is 10.2. The third kappa shape index (κ3) is 7.88. The van der Waals surface area contributed by atoms with Crippen LogP contribution in [0.2, 0.25) is 0 Å². The molecule has 0 bridgehead atoms. The normalized spacial score (nSPS) is 10.5. The van der Waals surface area contributed by atoms with E-state index in [4.69, 9.17) is 0 Å². The lowest BCUT2D eigenvalue weighted by Gasteiger charge is -2.23. The van der Waals surface area contributed by atoms with Crippen molar-refractivity contribution in [2.45, 2.75) is 25.3 Å². The van der Waals surface area contributed by atoms with Crippen molar-refractivity contribution in [3.8, 4) is 0 Å². The maximum atomic E-state index is 12.4.